The van der Waals surface area contributed by atoms with Crippen molar-refractivity contribution < 1.29 is 13.2 Å². The van der Waals surface area contributed by atoms with Crippen LogP contribution in [0.4, 0.5) is 0 Å². The number of aromatic nitrogens is 1. The van der Waals surface area contributed by atoms with E-state index in [2.05, 4.69) is 18.4 Å². The summed E-state index contributed by atoms with van der Waals surface area (Å²) in [6, 6.07) is 7.95. The van der Waals surface area contributed by atoms with E-state index in [0.29, 0.717) is 37.7 Å². The topological polar surface area (TPSA) is 62.6 Å². The summed E-state index contributed by atoms with van der Waals surface area (Å²) in [7, 11) is -3.19. The highest BCUT2D eigenvalue weighted by Gasteiger charge is 2.28. The molecule has 136 valence electrons. The van der Waals surface area contributed by atoms with E-state index in [4.69, 9.17) is 0 Å². The van der Waals surface area contributed by atoms with Gasteiger partial charge in [-0.1, -0.05) is 32.0 Å². The van der Waals surface area contributed by atoms with E-state index in [1.807, 2.05) is 30.5 Å². The molecule has 1 aromatic heterocycles. The van der Waals surface area contributed by atoms with E-state index < -0.39 is 10.0 Å². The predicted molar refractivity (Wildman–Crippen MR) is 99.1 cm³/mol. The quantitative estimate of drug-likeness (QED) is 0.835. The van der Waals surface area contributed by atoms with Crippen LogP contribution in [0.15, 0.2) is 30.5 Å². The molecule has 0 radical (unpaired) electrons. The average molecular weight is 363 g/mol. The van der Waals surface area contributed by atoms with Crippen molar-refractivity contribution in [3.63, 3.8) is 0 Å². The standard InChI is InChI=1S/C18H25N3O3S/c1-14(2)12-20-13-16(15-6-4-5-7-17(15)20)18(22)19-8-10-21(11-9-19)25(3,23)24/h4-7,13-14H,8-12H2,1-3H3. The van der Waals surface area contributed by atoms with Gasteiger partial charge < -0.3 is 9.47 Å². The zero-order valence-corrected chi connectivity index (χ0v) is 15.8. The Morgan fingerprint density at radius 2 is 1.76 bits per heavy atom. The highest BCUT2D eigenvalue weighted by molar-refractivity contribution is 7.88. The minimum absolute atomic E-state index is 0.0214. The lowest BCUT2D eigenvalue weighted by molar-refractivity contribution is 0.0700. The highest BCUT2D eigenvalue weighted by Crippen LogP contribution is 2.24. The minimum Gasteiger partial charge on any atom is -0.346 e. The van der Waals surface area contributed by atoms with E-state index in [9.17, 15) is 13.2 Å². The van der Waals surface area contributed by atoms with Crippen LogP contribution in [-0.2, 0) is 16.6 Å². The first-order chi connectivity index (χ1) is 11.8. The van der Waals surface area contributed by atoms with Crippen molar-refractivity contribution in [2.75, 3.05) is 32.4 Å². The molecule has 1 amide bonds. The van der Waals surface area contributed by atoms with Crippen molar-refractivity contribution in [1.29, 1.82) is 0 Å². The summed E-state index contributed by atoms with van der Waals surface area (Å²) in [5.74, 6) is 0.462. The molecule has 25 heavy (non-hydrogen) atoms. The van der Waals surface area contributed by atoms with Crippen LogP contribution in [0.3, 0.4) is 0 Å². The summed E-state index contributed by atoms with van der Waals surface area (Å²) in [5, 5.41) is 0.957. The Labute approximate surface area is 149 Å². The molecule has 7 heteroatoms. The van der Waals surface area contributed by atoms with Crippen molar-refractivity contribution in [2.45, 2.75) is 20.4 Å². The van der Waals surface area contributed by atoms with Crippen LogP contribution in [0, 0.1) is 5.92 Å². The third kappa shape index (κ3) is 3.72. The van der Waals surface area contributed by atoms with Crippen molar-refractivity contribution in [3.05, 3.63) is 36.0 Å². The van der Waals surface area contributed by atoms with E-state index in [1.165, 1.54) is 10.6 Å². The molecule has 0 saturated carbocycles. The number of rotatable bonds is 4. The van der Waals surface area contributed by atoms with Gasteiger partial charge in [-0.15, -0.1) is 0 Å². The normalized spacial score (nSPS) is 16.7. The van der Waals surface area contributed by atoms with Gasteiger partial charge >= 0.3 is 0 Å². The second-order valence-electron chi connectivity index (χ2n) is 7.06. The maximum Gasteiger partial charge on any atom is 0.256 e. The number of carbonyl (C=O) groups is 1. The molecule has 1 aliphatic heterocycles. The Hall–Kier alpha value is -1.86. The lowest BCUT2D eigenvalue weighted by atomic mass is 10.1. The molecule has 0 bridgehead atoms. The van der Waals surface area contributed by atoms with Crippen molar-refractivity contribution in [1.82, 2.24) is 13.8 Å². The molecule has 1 aromatic carbocycles. The van der Waals surface area contributed by atoms with Gasteiger partial charge in [0.15, 0.2) is 0 Å². The molecule has 0 N–H and O–H groups in total. The highest BCUT2D eigenvalue weighted by atomic mass is 32.2. The Morgan fingerprint density at radius 1 is 1.12 bits per heavy atom. The summed E-state index contributed by atoms with van der Waals surface area (Å²) in [6.07, 6.45) is 3.15. The van der Waals surface area contributed by atoms with Gasteiger partial charge in [0.2, 0.25) is 10.0 Å². The number of sulfonamides is 1. The third-order valence-electron chi connectivity index (χ3n) is 4.58. The first-order valence-electron chi connectivity index (χ1n) is 8.59. The Bertz CT molecular complexity index is 878. The summed E-state index contributed by atoms with van der Waals surface area (Å²) in [5.41, 5.74) is 1.76. The lowest BCUT2D eigenvalue weighted by Crippen LogP contribution is -2.50. The van der Waals surface area contributed by atoms with Crippen LogP contribution < -0.4 is 0 Å². The fourth-order valence-electron chi connectivity index (χ4n) is 3.35. The summed E-state index contributed by atoms with van der Waals surface area (Å²) in [6.45, 7) is 6.73. The molecule has 1 saturated heterocycles. The van der Waals surface area contributed by atoms with Crippen LogP contribution in [-0.4, -0.2) is 60.5 Å². The van der Waals surface area contributed by atoms with E-state index >= 15 is 0 Å². The number of piperazine rings is 1. The van der Waals surface area contributed by atoms with Gasteiger partial charge in [-0.05, 0) is 12.0 Å². The van der Waals surface area contributed by atoms with Crippen molar-refractivity contribution in [3.8, 4) is 0 Å². The zero-order chi connectivity index (χ0) is 18.2. The molecule has 0 unspecified atom stereocenters. The largest absolute Gasteiger partial charge is 0.346 e. The maximum atomic E-state index is 13.0. The van der Waals surface area contributed by atoms with Gasteiger partial charge in [0, 0.05) is 49.8 Å². The van der Waals surface area contributed by atoms with Crippen molar-refractivity contribution >= 4 is 26.8 Å². The second-order valence-corrected chi connectivity index (χ2v) is 9.04. The fraction of sp³-hybridized carbons (Fsp3) is 0.500. The molecule has 0 aliphatic carbocycles. The number of hydrogen-bond acceptors (Lipinski definition) is 3. The molecule has 6 nitrogen and oxygen atoms in total. The summed E-state index contributed by atoms with van der Waals surface area (Å²) < 4.78 is 26.8. The summed E-state index contributed by atoms with van der Waals surface area (Å²) in [4.78, 5) is 14.8. The van der Waals surface area contributed by atoms with Gasteiger partial charge in [-0.2, -0.15) is 4.31 Å². The zero-order valence-electron chi connectivity index (χ0n) is 15.0. The maximum absolute atomic E-state index is 13.0. The van der Waals surface area contributed by atoms with Gasteiger partial charge in [-0.25, -0.2) is 8.42 Å². The van der Waals surface area contributed by atoms with Crippen molar-refractivity contribution in [2.24, 2.45) is 5.92 Å². The van der Waals surface area contributed by atoms with Crippen LogP contribution >= 0.6 is 0 Å². The van der Waals surface area contributed by atoms with Gasteiger partial charge in [0.25, 0.3) is 5.91 Å². The van der Waals surface area contributed by atoms with E-state index in [1.54, 1.807) is 4.90 Å². The van der Waals surface area contributed by atoms with E-state index in [-0.39, 0.29) is 5.91 Å². The molecule has 1 fully saturated rings. The average Bonchev–Trinajstić information content (AvgIpc) is 2.92. The molecule has 1 aliphatic rings. The fourth-order valence-corrected chi connectivity index (χ4v) is 4.18. The predicted octanol–water partition coefficient (Wildman–Crippen LogP) is 2.01. The molecule has 3 rings (SSSR count). The molecular formula is C18H25N3O3S. The lowest BCUT2D eigenvalue weighted by Gasteiger charge is -2.33. The number of fused-ring (bicyclic) bond motifs is 1. The van der Waals surface area contributed by atoms with E-state index in [0.717, 1.165) is 17.4 Å². The minimum atomic E-state index is -3.19. The van der Waals surface area contributed by atoms with Crippen LogP contribution in [0.1, 0.15) is 24.2 Å². The van der Waals surface area contributed by atoms with Crippen LogP contribution in [0.25, 0.3) is 10.9 Å². The van der Waals surface area contributed by atoms with Gasteiger partial charge in [0.05, 0.1) is 11.8 Å². The molecule has 0 spiro atoms. The number of nitrogens with zero attached hydrogens (tertiary/aromatic N) is 3. The number of hydrogen-bond donors (Lipinski definition) is 0. The molecule has 2 aromatic rings. The first kappa shape index (κ1) is 17.9. The second kappa shape index (κ2) is 6.80. The first-order valence-corrected chi connectivity index (χ1v) is 10.4. The monoisotopic (exact) mass is 363 g/mol. The smallest absolute Gasteiger partial charge is 0.256 e. The van der Waals surface area contributed by atoms with Gasteiger partial charge in [0.1, 0.15) is 0 Å². The number of carbonyl (C=O) groups excluding carboxylic acids is 1. The van der Waals surface area contributed by atoms with Gasteiger partial charge in [-0.3, -0.25) is 4.79 Å². The Balaban J connectivity index is 1.86. The Kier molecular flexibility index (Phi) is 4.88. The molecular weight excluding hydrogens is 338 g/mol. The number of para-hydroxylation sites is 1. The molecule has 0 atom stereocenters. The van der Waals surface area contributed by atoms with Crippen LogP contribution in [0.5, 0.6) is 0 Å². The van der Waals surface area contributed by atoms with Crippen LogP contribution in [0.2, 0.25) is 0 Å². The summed E-state index contributed by atoms with van der Waals surface area (Å²) >= 11 is 0. The third-order valence-corrected chi connectivity index (χ3v) is 5.88. The number of benzene rings is 1. The number of amides is 1. The SMILES string of the molecule is CC(C)Cn1cc(C(=O)N2CCN(S(C)(=O)=O)CC2)c2ccccc21. The Morgan fingerprint density at radius 3 is 2.36 bits per heavy atom. The molecule has 2 heterocycles.